The van der Waals surface area contributed by atoms with E-state index >= 15 is 0 Å². The highest BCUT2D eigenvalue weighted by molar-refractivity contribution is 7.90. The Morgan fingerprint density at radius 1 is 0.968 bits per heavy atom. The molecule has 31 heavy (non-hydrogen) atoms. The molecular weight excluding hydrogens is 436 g/mol. The monoisotopic (exact) mass is 458 g/mol. The zero-order chi connectivity index (χ0) is 22.4. The van der Waals surface area contributed by atoms with E-state index in [0.29, 0.717) is 10.6 Å². The van der Waals surface area contributed by atoms with Crippen molar-refractivity contribution in [2.75, 3.05) is 12.0 Å². The maximum absolute atomic E-state index is 12.8. The third kappa shape index (κ3) is 6.54. The van der Waals surface area contributed by atoms with Gasteiger partial charge >= 0.3 is 0 Å². The molecule has 8 heteroatoms. The molecule has 0 aromatic heterocycles. The van der Waals surface area contributed by atoms with Gasteiger partial charge in [0.2, 0.25) is 5.91 Å². The number of carbonyl (C=O) groups is 2. The zero-order valence-corrected chi connectivity index (χ0v) is 18.5. The predicted molar refractivity (Wildman–Crippen MR) is 123 cm³/mol. The largest absolute Gasteiger partial charge is 0.350 e. The van der Waals surface area contributed by atoms with Gasteiger partial charge < -0.3 is 10.6 Å². The number of hydrogen-bond donors (Lipinski definition) is 2. The number of benzene rings is 3. The van der Waals surface area contributed by atoms with Crippen LogP contribution in [0, 0.1) is 0 Å². The summed E-state index contributed by atoms with van der Waals surface area (Å²) in [6.07, 6.45) is 1.07. The molecular formula is C23H23ClN2O4S. The molecule has 3 aromatic carbocycles. The third-order valence-electron chi connectivity index (χ3n) is 4.84. The molecule has 6 nitrogen and oxygen atoms in total. The molecule has 0 radical (unpaired) electrons. The number of carbonyl (C=O) groups excluding carboxylic acids is 2. The van der Waals surface area contributed by atoms with Gasteiger partial charge in [-0.05, 0) is 47.0 Å². The topological polar surface area (TPSA) is 92.3 Å². The molecule has 3 rings (SSSR count). The predicted octanol–water partition coefficient (Wildman–Crippen LogP) is 3.34. The molecule has 0 spiro atoms. The summed E-state index contributed by atoms with van der Waals surface area (Å²) in [5.74, 6) is -1.14. The number of amides is 2. The van der Waals surface area contributed by atoms with Crippen LogP contribution in [0.25, 0.3) is 10.8 Å². The summed E-state index contributed by atoms with van der Waals surface area (Å²) in [6, 6.07) is 18.9. The SMILES string of the molecule is CS(=O)(=O)CCC(NC(=O)c1ccc(Cl)cc1)C(=O)NCc1cccc2ccccc12. The lowest BCUT2D eigenvalue weighted by Gasteiger charge is -2.19. The van der Waals surface area contributed by atoms with Gasteiger partial charge in [-0.1, -0.05) is 54.1 Å². The van der Waals surface area contributed by atoms with E-state index in [4.69, 9.17) is 11.6 Å². The molecule has 1 unspecified atom stereocenters. The molecule has 0 saturated carbocycles. The Labute approximate surface area is 186 Å². The number of hydrogen-bond acceptors (Lipinski definition) is 4. The summed E-state index contributed by atoms with van der Waals surface area (Å²) >= 11 is 5.85. The summed E-state index contributed by atoms with van der Waals surface area (Å²) in [4.78, 5) is 25.4. The zero-order valence-electron chi connectivity index (χ0n) is 17.0. The number of nitrogens with one attached hydrogen (secondary N) is 2. The second-order valence-electron chi connectivity index (χ2n) is 7.31. The molecule has 162 valence electrons. The number of rotatable bonds is 8. The lowest BCUT2D eigenvalue weighted by molar-refractivity contribution is -0.123. The summed E-state index contributed by atoms with van der Waals surface area (Å²) in [6.45, 7) is 0.256. The molecule has 0 heterocycles. The van der Waals surface area contributed by atoms with Crippen molar-refractivity contribution in [3.8, 4) is 0 Å². The van der Waals surface area contributed by atoms with Crippen molar-refractivity contribution in [3.05, 3.63) is 82.9 Å². The van der Waals surface area contributed by atoms with Crippen molar-refractivity contribution in [2.24, 2.45) is 0 Å². The van der Waals surface area contributed by atoms with E-state index in [9.17, 15) is 18.0 Å². The molecule has 2 N–H and O–H groups in total. The Kier molecular flexibility index (Phi) is 7.30. The maximum atomic E-state index is 12.8. The van der Waals surface area contributed by atoms with Crippen LogP contribution >= 0.6 is 11.6 Å². The summed E-state index contributed by atoms with van der Waals surface area (Å²) in [5.41, 5.74) is 1.26. The Balaban J connectivity index is 1.73. The van der Waals surface area contributed by atoms with Gasteiger partial charge in [-0.3, -0.25) is 9.59 Å². The minimum Gasteiger partial charge on any atom is -0.350 e. The maximum Gasteiger partial charge on any atom is 0.251 e. The second kappa shape index (κ2) is 9.94. The summed E-state index contributed by atoms with van der Waals surface area (Å²) < 4.78 is 23.2. The van der Waals surface area contributed by atoms with Gasteiger partial charge in [0, 0.05) is 23.4 Å². The molecule has 3 aromatic rings. The minimum absolute atomic E-state index is 0.0282. The fraction of sp³-hybridized carbons (Fsp3) is 0.217. The van der Waals surface area contributed by atoms with E-state index in [1.54, 1.807) is 24.3 Å². The second-order valence-corrected chi connectivity index (χ2v) is 10.0. The van der Waals surface area contributed by atoms with Crippen molar-refractivity contribution in [1.82, 2.24) is 10.6 Å². The fourth-order valence-corrected chi connectivity index (χ4v) is 3.99. The smallest absolute Gasteiger partial charge is 0.251 e. The van der Waals surface area contributed by atoms with E-state index in [1.165, 1.54) is 0 Å². The van der Waals surface area contributed by atoms with Crippen LogP contribution in [0.1, 0.15) is 22.3 Å². The lowest BCUT2D eigenvalue weighted by Crippen LogP contribution is -2.47. The highest BCUT2D eigenvalue weighted by Crippen LogP contribution is 2.18. The van der Waals surface area contributed by atoms with Crippen LogP contribution in [-0.4, -0.2) is 38.3 Å². The van der Waals surface area contributed by atoms with Gasteiger partial charge in [-0.15, -0.1) is 0 Å². The molecule has 0 fully saturated rings. The first-order valence-electron chi connectivity index (χ1n) is 9.71. The number of fused-ring (bicyclic) bond motifs is 1. The van der Waals surface area contributed by atoms with Crippen molar-refractivity contribution in [2.45, 2.75) is 19.0 Å². The van der Waals surface area contributed by atoms with E-state index in [0.717, 1.165) is 22.6 Å². The van der Waals surface area contributed by atoms with E-state index in [2.05, 4.69) is 10.6 Å². The highest BCUT2D eigenvalue weighted by Gasteiger charge is 2.23. The number of sulfone groups is 1. The van der Waals surface area contributed by atoms with Crippen molar-refractivity contribution < 1.29 is 18.0 Å². The van der Waals surface area contributed by atoms with Crippen LogP contribution in [0.15, 0.2) is 66.7 Å². The first-order valence-corrected chi connectivity index (χ1v) is 12.2. The third-order valence-corrected chi connectivity index (χ3v) is 6.07. The normalized spacial score (nSPS) is 12.3. The lowest BCUT2D eigenvalue weighted by atomic mass is 10.0. The van der Waals surface area contributed by atoms with Gasteiger partial charge in [0.25, 0.3) is 5.91 Å². The van der Waals surface area contributed by atoms with Crippen LogP contribution in [0.3, 0.4) is 0 Å². The average molecular weight is 459 g/mol. The molecule has 0 aliphatic rings. The Morgan fingerprint density at radius 3 is 2.35 bits per heavy atom. The quantitative estimate of drug-likeness (QED) is 0.541. The molecule has 0 saturated heterocycles. The van der Waals surface area contributed by atoms with Gasteiger partial charge in [0.15, 0.2) is 0 Å². The average Bonchev–Trinajstić information content (AvgIpc) is 2.74. The van der Waals surface area contributed by atoms with Crippen LogP contribution in [0.4, 0.5) is 0 Å². The highest BCUT2D eigenvalue weighted by atomic mass is 35.5. The van der Waals surface area contributed by atoms with Crippen molar-refractivity contribution in [3.63, 3.8) is 0 Å². The Bertz CT molecular complexity index is 1190. The fourth-order valence-electron chi connectivity index (χ4n) is 3.20. The van der Waals surface area contributed by atoms with Gasteiger partial charge in [-0.25, -0.2) is 8.42 Å². The van der Waals surface area contributed by atoms with Crippen LogP contribution in [-0.2, 0) is 21.2 Å². The summed E-state index contributed by atoms with van der Waals surface area (Å²) in [7, 11) is -3.30. The molecule has 2 amide bonds. The molecule has 1 atom stereocenters. The minimum atomic E-state index is -3.30. The Hall–Kier alpha value is -2.90. The van der Waals surface area contributed by atoms with Crippen LogP contribution in [0.2, 0.25) is 5.02 Å². The van der Waals surface area contributed by atoms with Crippen LogP contribution in [0.5, 0.6) is 0 Å². The molecule has 0 aliphatic carbocycles. The first kappa shape index (κ1) is 22.8. The number of halogens is 1. The van der Waals surface area contributed by atoms with Crippen molar-refractivity contribution in [1.29, 1.82) is 0 Å². The van der Waals surface area contributed by atoms with Crippen molar-refractivity contribution >= 4 is 44.0 Å². The van der Waals surface area contributed by atoms with E-state index in [-0.39, 0.29) is 18.7 Å². The molecule has 0 aliphatic heterocycles. The molecule has 0 bridgehead atoms. The van der Waals surface area contributed by atoms with Crippen LogP contribution < -0.4 is 10.6 Å². The Morgan fingerprint density at radius 2 is 1.65 bits per heavy atom. The van der Waals surface area contributed by atoms with E-state index < -0.39 is 27.7 Å². The van der Waals surface area contributed by atoms with Gasteiger partial charge in [-0.2, -0.15) is 0 Å². The van der Waals surface area contributed by atoms with E-state index in [1.807, 2.05) is 42.5 Å². The standard InChI is InChI=1S/C23H23ClN2O4S/c1-31(29,30)14-13-21(26-22(27)17-9-11-19(24)12-10-17)23(28)25-15-18-7-4-6-16-5-2-3-8-20(16)18/h2-12,21H,13-15H2,1H3,(H,25,28)(H,26,27). The first-order chi connectivity index (χ1) is 14.7. The summed E-state index contributed by atoms with van der Waals surface area (Å²) in [5, 5.41) is 8.02. The van der Waals surface area contributed by atoms with Gasteiger partial charge in [0.1, 0.15) is 15.9 Å². The van der Waals surface area contributed by atoms with Gasteiger partial charge in [0.05, 0.1) is 5.75 Å².